The molecule has 1 aliphatic rings. The van der Waals surface area contributed by atoms with Crippen molar-refractivity contribution in [2.45, 2.75) is 19.8 Å². The lowest BCUT2D eigenvalue weighted by Gasteiger charge is -2.23. The fourth-order valence-electron chi connectivity index (χ4n) is 2.09. The van der Waals surface area contributed by atoms with Crippen LogP contribution in [0.1, 0.15) is 19.8 Å². The van der Waals surface area contributed by atoms with Crippen LogP contribution in [0.15, 0.2) is 12.7 Å². The second-order valence-electron chi connectivity index (χ2n) is 4.42. The summed E-state index contributed by atoms with van der Waals surface area (Å²) in [5, 5.41) is 12.1. The van der Waals surface area contributed by atoms with Gasteiger partial charge in [-0.15, -0.1) is 6.58 Å². The van der Waals surface area contributed by atoms with Gasteiger partial charge in [-0.1, -0.05) is 13.0 Å². The van der Waals surface area contributed by atoms with Crippen LogP contribution in [-0.4, -0.2) is 48.1 Å². The monoisotopic (exact) mass is 240 g/mol. The average molecular weight is 240 g/mol. The molecule has 5 heteroatoms. The maximum absolute atomic E-state index is 11.8. The highest BCUT2D eigenvalue weighted by atomic mass is 16.4. The molecule has 1 fully saturated rings. The molecule has 96 valence electrons. The Morgan fingerprint density at radius 2 is 2.29 bits per heavy atom. The van der Waals surface area contributed by atoms with E-state index in [0.29, 0.717) is 32.5 Å². The molecular formula is C12H20N2O3. The number of hydrogen-bond acceptors (Lipinski definition) is 3. The van der Waals surface area contributed by atoms with Crippen molar-refractivity contribution >= 4 is 11.9 Å². The highest BCUT2D eigenvalue weighted by Crippen LogP contribution is 2.34. The van der Waals surface area contributed by atoms with E-state index in [4.69, 9.17) is 0 Å². The molecule has 0 aromatic heterocycles. The van der Waals surface area contributed by atoms with Gasteiger partial charge >= 0.3 is 5.97 Å². The van der Waals surface area contributed by atoms with Gasteiger partial charge in [0.1, 0.15) is 0 Å². The molecule has 1 heterocycles. The zero-order chi connectivity index (χ0) is 12.9. The van der Waals surface area contributed by atoms with E-state index in [1.165, 1.54) is 0 Å². The molecule has 0 bridgehead atoms. The van der Waals surface area contributed by atoms with E-state index in [9.17, 15) is 14.7 Å². The minimum absolute atomic E-state index is 0.0385. The molecule has 0 aromatic rings. The molecule has 1 amide bonds. The number of nitrogens with one attached hydrogen (secondary N) is 1. The highest BCUT2D eigenvalue weighted by Gasteiger charge is 2.44. The molecule has 2 N–H and O–H groups in total. The zero-order valence-corrected chi connectivity index (χ0v) is 10.2. The molecule has 1 aliphatic heterocycles. The normalized spacial score (nSPS) is 23.7. The quantitative estimate of drug-likeness (QED) is 0.523. The van der Waals surface area contributed by atoms with Crippen molar-refractivity contribution in [3.05, 3.63) is 12.7 Å². The second kappa shape index (κ2) is 5.82. The first kappa shape index (κ1) is 13.7. The number of aliphatic carboxylic acids is 1. The summed E-state index contributed by atoms with van der Waals surface area (Å²) in [6.07, 6.45) is 2.79. The van der Waals surface area contributed by atoms with Crippen molar-refractivity contribution in [3.8, 4) is 0 Å². The number of carbonyl (C=O) groups excluding carboxylic acids is 1. The average Bonchev–Trinajstić information content (AvgIpc) is 2.75. The first-order valence-electron chi connectivity index (χ1n) is 5.88. The van der Waals surface area contributed by atoms with Crippen LogP contribution in [0.25, 0.3) is 0 Å². The van der Waals surface area contributed by atoms with Gasteiger partial charge in [-0.2, -0.15) is 0 Å². The summed E-state index contributed by atoms with van der Waals surface area (Å²) < 4.78 is 0. The largest absolute Gasteiger partial charge is 0.481 e. The third-order valence-electron chi connectivity index (χ3n) is 3.40. The smallest absolute Gasteiger partial charge is 0.311 e. The van der Waals surface area contributed by atoms with Gasteiger partial charge in [0, 0.05) is 19.6 Å². The number of nitrogens with zero attached hydrogens (tertiary/aromatic N) is 1. The van der Waals surface area contributed by atoms with E-state index < -0.39 is 11.4 Å². The first-order valence-corrected chi connectivity index (χ1v) is 5.88. The number of carboxylic acid groups (broad SMARTS) is 1. The number of likely N-dealkylation sites (tertiary alicyclic amines) is 1. The second-order valence-corrected chi connectivity index (χ2v) is 4.42. The van der Waals surface area contributed by atoms with E-state index >= 15 is 0 Å². The van der Waals surface area contributed by atoms with Gasteiger partial charge in [0.25, 0.3) is 0 Å². The minimum atomic E-state index is -0.797. The van der Waals surface area contributed by atoms with Crippen LogP contribution >= 0.6 is 0 Å². The zero-order valence-electron chi connectivity index (χ0n) is 10.2. The summed E-state index contributed by atoms with van der Waals surface area (Å²) in [5.41, 5.74) is -0.742. The summed E-state index contributed by atoms with van der Waals surface area (Å²) in [6.45, 7) is 7.09. The standard InChI is InChI=1S/C12H20N2O3/c1-3-6-13-8-10(15)14-7-5-12(4-2,9-14)11(16)17/h3,13H,1,4-9H2,2H3,(H,16,17). The lowest BCUT2D eigenvalue weighted by molar-refractivity contribution is -0.148. The van der Waals surface area contributed by atoms with Crippen molar-refractivity contribution < 1.29 is 14.7 Å². The first-order chi connectivity index (χ1) is 8.05. The molecule has 0 radical (unpaired) electrons. The van der Waals surface area contributed by atoms with E-state index in [-0.39, 0.29) is 12.5 Å². The molecule has 1 unspecified atom stereocenters. The summed E-state index contributed by atoms with van der Waals surface area (Å²) >= 11 is 0. The molecule has 1 atom stereocenters. The van der Waals surface area contributed by atoms with Gasteiger partial charge in [0.2, 0.25) is 5.91 Å². The molecule has 1 saturated heterocycles. The third-order valence-corrected chi connectivity index (χ3v) is 3.40. The fraction of sp³-hybridized carbons (Fsp3) is 0.667. The summed E-state index contributed by atoms with van der Waals surface area (Å²) in [5.74, 6) is -0.835. The number of carbonyl (C=O) groups is 2. The fourth-order valence-corrected chi connectivity index (χ4v) is 2.09. The Labute approximate surface area is 101 Å². The number of rotatable bonds is 6. The Morgan fingerprint density at radius 1 is 1.59 bits per heavy atom. The molecule has 0 saturated carbocycles. The molecular weight excluding hydrogens is 220 g/mol. The predicted octanol–water partition coefficient (Wildman–Crippen LogP) is 0.475. The number of amides is 1. The summed E-state index contributed by atoms with van der Waals surface area (Å²) in [4.78, 5) is 24.6. The molecule has 1 rings (SSSR count). The van der Waals surface area contributed by atoms with Crippen molar-refractivity contribution in [1.82, 2.24) is 10.2 Å². The van der Waals surface area contributed by atoms with Crippen LogP contribution in [-0.2, 0) is 9.59 Å². The Hall–Kier alpha value is -1.36. The van der Waals surface area contributed by atoms with Gasteiger partial charge in [-0.3, -0.25) is 9.59 Å². The lowest BCUT2D eigenvalue weighted by Crippen LogP contribution is -2.40. The van der Waals surface area contributed by atoms with Crippen molar-refractivity contribution in [2.24, 2.45) is 5.41 Å². The van der Waals surface area contributed by atoms with Crippen molar-refractivity contribution in [3.63, 3.8) is 0 Å². The van der Waals surface area contributed by atoms with E-state index in [1.54, 1.807) is 11.0 Å². The van der Waals surface area contributed by atoms with Crippen LogP contribution < -0.4 is 5.32 Å². The van der Waals surface area contributed by atoms with Gasteiger partial charge in [0.05, 0.1) is 12.0 Å². The van der Waals surface area contributed by atoms with E-state index in [1.807, 2.05) is 6.92 Å². The van der Waals surface area contributed by atoms with Gasteiger partial charge in [0.15, 0.2) is 0 Å². The predicted molar refractivity (Wildman–Crippen MR) is 64.6 cm³/mol. The van der Waals surface area contributed by atoms with Gasteiger partial charge in [-0.25, -0.2) is 0 Å². The minimum Gasteiger partial charge on any atom is -0.481 e. The molecule has 5 nitrogen and oxygen atoms in total. The molecule has 0 aromatic carbocycles. The van der Waals surface area contributed by atoms with Gasteiger partial charge < -0.3 is 15.3 Å². The maximum atomic E-state index is 11.8. The van der Waals surface area contributed by atoms with Crippen molar-refractivity contribution in [1.29, 1.82) is 0 Å². The van der Waals surface area contributed by atoms with Crippen LogP contribution in [0.3, 0.4) is 0 Å². The highest BCUT2D eigenvalue weighted by molar-refractivity contribution is 5.81. The summed E-state index contributed by atoms with van der Waals surface area (Å²) in [6, 6.07) is 0. The van der Waals surface area contributed by atoms with Crippen LogP contribution in [0.2, 0.25) is 0 Å². The van der Waals surface area contributed by atoms with Gasteiger partial charge in [-0.05, 0) is 12.8 Å². The third kappa shape index (κ3) is 3.06. The van der Waals surface area contributed by atoms with Crippen LogP contribution in [0.4, 0.5) is 0 Å². The summed E-state index contributed by atoms with van der Waals surface area (Å²) in [7, 11) is 0. The number of hydrogen-bond donors (Lipinski definition) is 2. The van der Waals surface area contributed by atoms with Crippen LogP contribution in [0.5, 0.6) is 0 Å². The van der Waals surface area contributed by atoms with Crippen LogP contribution in [0, 0.1) is 5.41 Å². The Bertz CT molecular complexity index is 317. The number of carboxylic acids is 1. The maximum Gasteiger partial charge on any atom is 0.311 e. The van der Waals surface area contributed by atoms with E-state index in [0.717, 1.165) is 0 Å². The molecule has 17 heavy (non-hydrogen) atoms. The Balaban J connectivity index is 2.51. The van der Waals surface area contributed by atoms with Crippen molar-refractivity contribution in [2.75, 3.05) is 26.2 Å². The molecule has 0 spiro atoms. The topological polar surface area (TPSA) is 69.6 Å². The SMILES string of the molecule is C=CCNCC(=O)N1CCC(CC)(C(=O)O)C1. The lowest BCUT2D eigenvalue weighted by atomic mass is 9.84. The Kier molecular flexibility index (Phi) is 4.69. The Morgan fingerprint density at radius 3 is 2.76 bits per heavy atom. The van der Waals surface area contributed by atoms with E-state index in [2.05, 4.69) is 11.9 Å². The molecule has 0 aliphatic carbocycles.